The predicted molar refractivity (Wildman–Crippen MR) is 29.8 cm³/mol. The van der Waals surface area contributed by atoms with Gasteiger partial charge in [0, 0.05) is 7.05 Å². The minimum absolute atomic E-state index is 0.494. The lowest BCUT2D eigenvalue weighted by Gasteiger charge is -1.89. The van der Waals surface area contributed by atoms with Crippen molar-refractivity contribution in [3.63, 3.8) is 0 Å². The van der Waals surface area contributed by atoms with Crippen molar-refractivity contribution in [2.45, 2.75) is 6.92 Å². The zero-order valence-corrected chi connectivity index (χ0v) is 4.84. The van der Waals surface area contributed by atoms with Crippen LogP contribution in [0.4, 0.5) is 0 Å². The SMILES string of the molecule is CN/C(C)=C\[N+](=O)[O-]. The van der Waals surface area contributed by atoms with Gasteiger partial charge in [0.25, 0.3) is 6.20 Å². The van der Waals surface area contributed by atoms with Crippen molar-refractivity contribution < 1.29 is 4.92 Å². The number of nitrogens with zero attached hydrogens (tertiary/aromatic N) is 1. The molecule has 0 rings (SSSR count). The molecule has 46 valence electrons. The van der Waals surface area contributed by atoms with E-state index in [1.165, 1.54) is 0 Å². The summed E-state index contributed by atoms with van der Waals surface area (Å²) in [6, 6.07) is 0. The van der Waals surface area contributed by atoms with Crippen LogP contribution < -0.4 is 5.32 Å². The maximum Gasteiger partial charge on any atom is 0.252 e. The number of allylic oxidation sites excluding steroid dienone is 1. The van der Waals surface area contributed by atoms with E-state index in [4.69, 9.17) is 0 Å². The molecule has 0 saturated heterocycles. The van der Waals surface area contributed by atoms with Gasteiger partial charge in [-0.15, -0.1) is 0 Å². The number of nitro groups is 1. The lowest BCUT2D eigenvalue weighted by Crippen LogP contribution is -2.03. The Kier molecular flexibility index (Phi) is 2.61. The van der Waals surface area contributed by atoms with Gasteiger partial charge in [-0.2, -0.15) is 0 Å². The average molecular weight is 116 g/mol. The monoisotopic (exact) mass is 116 g/mol. The molecule has 8 heavy (non-hydrogen) atoms. The van der Waals surface area contributed by atoms with Crippen LogP contribution in [0.1, 0.15) is 6.92 Å². The molecule has 0 unspecified atom stereocenters. The van der Waals surface area contributed by atoms with Gasteiger partial charge in [0.05, 0.1) is 10.6 Å². The highest BCUT2D eigenvalue weighted by Crippen LogP contribution is 1.81. The topological polar surface area (TPSA) is 55.2 Å². The summed E-state index contributed by atoms with van der Waals surface area (Å²) in [7, 11) is 1.63. The van der Waals surface area contributed by atoms with E-state index in [0.717, 1.165) is 6.20 Å². The van der Waals surface area contributed by atoms with E-state index in [1.807, 2.05) is 0 Å². The molecule has 0 aliphatic heterocycles. The van der Waals surface area contributed by atoms with Gasteiger partial charge in [-0.1, -0.05) is 0 Å². The number of rotatable bonds is 2. The summed E-state index contributed by atoms with van der Waals surface area (Å²) >= 11 is 0. The Morgan fingerprint density at radius 2 is 2.38 bits per heavy atom. The minimum Gasteiger partial charge on any atom is -0.387 e. The second-order valence-electron chi connectivity index (χ2n) is 1.35. The average Bonchev–Trinajstić information content (AvgIpc) is 1.65. The van der Waals surface area contributed by atoms with Crippen molar-refractivity contribution in [2.75, 3.05) is 7.05 Å². The van der Waals surface area contributed by atoms with Crippen molar-refractivity contribution in [1.82, 2.24) is 5.32 Å². The summed E-state index contributed by atoms with van der Waals surface area (Å²) in [4.78, 5) is 9.16. The molecule has 0 bridgehead atoms. The molecule has 0 radical (unpaired) electrons. The van der Waals surface area contributed by atoms with Crippen molar-refractivity contribution in [1.29, 1.82) is 0 Å². The van der Waals surface area contributed by atoms with Gasteiger partial charge in [0.2, 0.25) is 0 Å². The Bertz CT molecular complexity index is 119. The lowest BCUT2D eigenvalue weighted by molar-refractivity contribution is -0.403. The van der Waals surface area contributed by atoms with E-state index < -0.39 is 4.92 Å². The summed E-state index contributed by atoms with van der Waals surface area (Å²) < 4.78 is 0. The standard InChI is InChI=1S/C4H8N2O2/c1-4(5-2)3-6(7)8/h3,5H,1-2H3/b4-3-. The quantitative estimate of drug-likeness (QED) is 0.418. The number of nitrogens with one attached hydrogen (secondary N) is 1. The summed E-state index contributed by atoms with van der Waals surface area (Å²) in [6.45, 7) is 1.63. The first-order valence-corrected chi connectivity index (χ1v) is 2.16. The third-order valence-electron chi connectivity index (χ3n) is 0.693. The van der Waals surface area contributed by atoms with Gasteiger partial charge in [-0.3, -0.25) is 10.1 Å². The second kappa shape index (κ2) is 3.01. The van der Waals surface area contributed by atoms with E-state index in [1.54, 1.807) is 14.0 Å². The van der Waals surface area contributed by atoms with Crippen molar-refractivity contribution in [2.24, 2.45) is 0 Å². The molecule has 0 fully saturated rings. The molecule has 4 heteroatoms. The molecule has 0 aliphatic rings. The van der Waals surface area contributed by atoms with Crippen LogP contribution in [0.2, 0.25) is 0 Å². The Labute approximate surface area is 47.3 Å². The Hall–Kier alpha value is -1.06. The molecule has 0 aromatic carbocycles. The van der Waals surface area contributed by atoms with Crippen LogP contribution in [0.5, 0.6) is 0 Å². The second-order valence-corrected chi connectivity index (χ2v) is 1.35. The van der Waals surface area contributed by atoms with E-state index in [0.29, 0.717) is 5.70 Å². The largest absolute Gasteiger partial charge is 0.387 e. The predicted octanol–water partition coefficient (Wildman–Crippen LogP) is 0.344. The highest BCUT2D eigenvalue weighted by atomic mass is 16.6. The van der Waals surface area contributed by atoms with Crippen molar-refractivity contribution >= 4 is 0 Å². The maximum atomic E-state index is 9.66. The molecule has 1 N–H and O–H groups in total. The Balaban J connectivity index is 3.75. The smallest absolute Gasteiger partial charge is 0.252 e. The van der Waals surface area contributed by atoms with Crippen LogP contribution in [-0.2, 0) is 0 Å². The zero-order valence-electron chi connectivity index (χ0n) is 4.84. The van der Waals surface area contributed by atoms with E-state index in [-0.39, 0.29) is 0 Å². The van der Waals surface area contributed by atoms with Gasteiger partial charge >= 0.3 is 0 Å². The first-order chi connectivity index (χ1) is 3.66. The van der Waals surface area contributed by atoms with E-state index in [2.05, 4.69) is 5.32 Å². The first kappa shape index (κ1) is 6.94. The van der Waals surface area contributed by atoms with E-state index >= 15 is 0 Å². The summed E-state index contributed by atoms with van der Waals surface area (Å²) in [6.07, 6.45) is 0.917. The molecule has 0 atom stereocenters. The molecule has 0 saturated carbocycles. The van der Waals surface area contributed by atoms with Gasteiger partial charge in [-0.25, -0.2) is 0 Å². The fraction of sp³-hybridized carbons (Fsp3) is 0.500. The zero-order chi connectivity index (χ0) is 6.57. The Morgan fingerprint density at radius 3 is 2.50 bits per heavy atom. The van der Waals surface area contributed by atoms with Gasteiger partial charge in [0.15, 0.2) is 0 Å². The Morgan fingerprint density at radius 1 is 1.88 bits per heavy atom. The fourth-order valence-corrected chi connectivity index (χ4v) is 0.223. The fourth-order valence-electron chi connectivity index (χ4n) is 0.223. The third-order valence-corrected chi connectivity index (χ3v) is 0.693. The first-order valence-electron chi connectivity index (χ1n) is 2.16. The van der Waals surface area contributed by atoms with Crippen LogP contribution in [0.15, 0.2) is 11.9 Å². The molecule has 0 aliphatic carbocycles. The highest BCUT2D eigenvalue weighted by Gasteiger charge is 1.88. The summed E-state index contributed by atoms with van der Waals surface area (Å²) in [5.74, 6) is 0. The van der Waals surface area contributed by atoms with Crippen LogP contribution in [0.25, 0.3) is 0 Å². The molecule has 0 aromatic heterocycles. The van der Waals surface area contributed by atoms with Crippen LogP contribution >= 0.6 is 0 Å². The molecule has 4 nitrogen and oxygen atoms in total. The van der Waals surface area contributed by atoms with Crippen LogP contribution in [0.3, 0.4) is 0 Å². The molecular formula is C4H8N2O2. The minimum atomic E-state index is -0.494. The lowest BCUT2D eigenvalue weighted by atomic mass is 10.5. The van der Waals surface area contributed by atoms with E-state index in [9.17, 15) is 10.1 Å². The van der Waals surface area contributed by atoms with Crippen molar-refractivity contribution in [3.8, 4) is 0 Å². The molecule has 0 aromatic rings. The summed E-state index contributed by atoms with van der Waals surface area (Å²) in [5.41, 5.74) is 0.551. The normalized spacial score (nSPS) is 11.0. The molecule has 0 heterocycles. The van der Waals surface area contributed by atoms with Crippen LogP contribution in [0, 0.1) is 10.1 Å². The third kappa shape index (κ3) is 3.14. The number of hydrogen-bond acceptors (Lipinski definition) is 3. The molecular weight excluding hydrogens is 108 g/mol. The van der Waals surface area contributed by atoms with Gasteiger partial charge < -0.3 is 5.32 Å². The van der Waals surface area contributed by atoms with Crippen LogP contribution in [-0.4, -0.2) is 12.0 Å². The van der Waals surface area contributed by atoms with Gasteiger partial charge in [-0.05, 0) is 6.92 Å². The molecule has 0 amide bonds. The van der Waals surface area contributed by atoms with Crippen molar-refractivity contribution in [3.05, 3.63) is 22.0 Å². The maximum absolute atomic E-state index is 9.66. The summed E-state index contributed by atoms with van der Waals surface area (Å²) in [5, 5.41) is 12.3. The van der Waals surface area contributed by atoms with Gasteiger partial charge in [0.1, 0.15) is 0 Å². The number of hydrogen-bond donors (Lipinski definition) is 1. The molecule has 0 spiro atoms. The highest BCUT2D eigenvalue weighted by molar-refractivity contribution is 4.86.